The summed E-state index contributed by atoms with van der Waals surface area (Å²) in [5.41, 5.74) is 7.47. The van der Waals surface area contributed by atoms with Crippen molar-refractivity contribution < 1.29 is 23.1 Å². The predicted molar refractivity (Wildman–Crippen MR) is 106 cm³/mol. The van der Waals surface area contributed by atoms with Crippen LogP contribution in [0, 0.1) is 5.41 Å². The van der Waals surface area contributed by atoms with Crippen LogP contribution < -0.4 is 15.2 Å². The molecule has 0 aliphatic rings. The minimum Gasteiger partial charge on any atom is -0.495 e. The van der Waals surface area contributed by atoms with Crippen LogP contribution in [0.2, 0.25) is 0 Å². The number of nitrogen functional groups attached to an aromatic ring is 1. The summed E-state index contributed by atoms with van der Waals surface area (Å²) < 4.78 is 33.0. The highest BCUT2D eigenvalue weighted by molar-refractivity contribution is 7.89. The Labute approximate surface area is 163 Å². The fourth-order valence-electron chi connectivity index (χ4n) is 2.59. The van der Waals surface area contributed by atoms with Gasteiger partial charge in [0.1, 0.15) is 16.5 Å². The van der Waals surface area contributed by atoms with E-state index in [0.29, 0.717) is 24.0 Å². The predicted octanol–water partition coefficient (Wildman–Crippen LogP) is 2.18. The second kappa shape index (κ2) is 9.34. The molecule has 150 valence electrons. The Balaban J connectivity index is 2.23. The van der Waals surface area contributed by atoms with Gasteiger partial charge in [0.15, 0.2) is 0 Å². The number of hydrogen-bond acceptors (Lipinski definition) is 5. The third kappa shape index (κ3) is 5.54. The largest absolute Gasteiger partial charge is 0.495 e. The Morgan fingerprint density at radius 1 is 1.14 bits per heavy atom. The van der Waals surface area contributed by atoms with E-state index in [1.54, 1.807) is 36.4 Å². The second-order valence-corrected chi connectivity index (χ2v) is 7.84. The number of amidine groups is 1. The van der Waals surface area contributed by atoms with Crippen LogP contribution in [0.25, 0.3) is 11.1 Å². The SMILES string of the molecule is COc1ccc(-c2ccc(C(=N)N)cc2)cc1S(=O)(=O)NCCCCC(=O)O. The van der Waals surface area contributed by atoms with Crippen molar-refractivity contribution in [3.05, 3.63) is 48.0 Å². The molecule has 0 spiro atoms. The molecule has 5 N–H and O–H groups in total. The Morgan fingerprint density at radius 2 is 1.79 bits per heavy atom. The first-order chi connectivity index (χ1) is 13.2. The van der Waals surface area contributed by atoms with Crippen molar-refractivity contribution >= 4 is 21.8 Å². The third-order valence-electron chi connectivity index (χ3n) is 4.09. The molecular formula is C19H23N3O5S. The number of benzene rings is 2. The van der Waals surface area contributed by atoms with Crippen molar-refractivity contribution in [3.8, 4) is 16.9 Å². The van der Waals surface area contributed by atoms with E-state index < -0.39 is 16.0 Å². The van der Waals surface area contributed by atoms with Gasteiger partial charge >= 0.3 is 5.97 Å². The van der Waals surface area contributed by atoms with Gasteiger partial charge in [-0.15, -0.1) is 0 Å². The summed E-state index contributed by atoms with van der Waals surface area (Å²) >= 11 is 0. The molecule has 2 aromatic rings. The second-order valence-electron chi connectivity index (χ2n) is 6.11. The van der Waals surface area contributed by atoms with E-state index in [9.17, 15) is 13.2 Å². The standard InChI is InChI=1S/C19H23N3O5S/c1-27-16-10-9-15(13-5-7-14(8-6-13)19(20)21)12-17(16)28(25,26)22-11-3-2-4-18(23)24/h5-10,12,22H,2-4,11H2,1H3,(H3,20,21)(H,23,24). The zero-order chi connectivity index (χ0) is 20.7. The van der Waals surface area contributed by atoms with E-state index >= 15 is 0 Å². The number of rotatable bonds is 10. The summed E-state index contributed by atoms with van der Waals surface area (Å²) in [7, 11) is -2.44. The number of carboxylic acid groups (broad SMARTS) is 1. The number of nitrogens with two attached hydrogens (primary N) is 1. The van der Waals surface area contributed by atoms with E-state index in [2.05, 4.69) is 4.72 Å². The number of carboxylic acids is 1. The van der Waals surface area contributed by atoms with Gasteiger partial charge in [0.05, 0.1) is 7.11 Å². The molecule has 0 heterocycles. The van der Waals surface area contributed by atoms with Crippen LogP contribution in [0.4, 0.5) is 0 Å². The van der Waals surface area contributed by atoms with Gasteiger partial charge in [-0.25, -0.2) is 13.1 Å². The number of hydrogen-bond donors (Lipinski definition) is 4. The summed E-state index contributed by atoms with van der Waals surface area (Å²) in [5, 5.41) is 16.1. The van der Waals surface area contributed by atoms with Crippen molar-refractivity contribution in [1.82, 2.24) is 4.72 Å². The van der Waals surface area contributed by atoms with Gasteiger partial charge < -0.3 is 15.6 Å². The van der Waals surface area contributed by atoms with E-state index in [4.69, 9.17) is 21.0 Å². The first kappa shape index (κ1) is 21.4. The van der Waals surface area contributed by atoms with Crippen LogP contribution in [0.15, 0.2) is 47.4 Å². The molecular weight excluding hydrogens is 382 g/mol. The molecule has 0 unspecified atom stereocenters. The lowest BCUT2D eigenvalue weighted by atomic mass is 10.0. The summed E-state index contributed by atoms with van der Waals surface area (Å²) in [6, 6.07) is 11.7. The molecule has 2 rings (SSSR count). The van der Waals surface area contributed by atoms with Gasteiger partial charge in [-0.05, 0) is 36.1 Å². The van der Waals surface area contributed by atoms with Gasteiger partial charge in [0.2, 0.25) is 10.0 Å². The van der Waals surface area contributed by atoms with Gasteiger partial charge in [0.25, 0.3) is 0 Å². The Hall–Kier alpha value is -2.91. The van der Waals surface area contributed by atoms with Crippen molar-refractivity contribution in [1.29, 1.82) is 5.41 Å². The minimum absolute atomic E-state index is 0.00128. The highest BCUT2D eigenvalue weighted by atomic mass is 32.2. The number of methoxy groups -OCH3 is 1. The zero-order valence-corrected chi connectivity index (χ0v) is 16.3. The maximum absolute atomic E-state index is 12.7. The molecule has 0 amide bonds. The zero-order valence-electron chi connectivity index (χ0n) is 15.4. The molecule has 0 atom stereocenters. The highest BCUT2D eigenvalue weighted by Crippen LogP contribution is 2.30. The van der Waals surface area contributed by atoms with Crippen molar-refractivity contribution in [2.75, 3.05) is 13.7 Å². The lowest BCUT2D eigenvalue weighted by molar-refractivity contribution is -0.137. The van der Waals surface area contributed by atoms with E-state index in [0.717, 1.165) is 5.56 Å². The average molecular weight is 405 g/mol. The lowest BCUT2D eigenvalue weighted by Gasteiger charge is -2.13. The van der Waals surface area contributed by atoms with Crippen LogP contribution in [0.5, 0.6) is 5.75 Å². The van der Waals surface area contributed by atoms with Crippen LogP contribution in [0.1, 0.15) is 24.8 Å². The van der Waals surface area contributed by atoms with Crippen LogP contribution in [-0.4, -0.2) is 39.0 Å². The molecule has 8 nitrogen and oxygen atoms in total. The first-order valence-corrected chi connectivity index (χ1v) is 10.1. The summed E-state index contributed by atoms with van der Waals surface area (Å²) in [4.78, 5) is 10.5. The fraction of sp³-hybridized carbons (Fsp3) is 0.263. The Morgan fingerprint density at radius 3 is 2.36 bits per heavy atom. The van der Waals surface area contributed by atoms with Crippen molar-refractivity contribution in [2.24, 2.45) is 5.73 Å². The fourth-order valence-corrected chi connectivity index (χ4v) is 3.86. The average Bonchev–Trinajstić information content (AvgIpc) is 2.67. The molecule has 0 aromatic heterocycles. The molecule has 0 bridgehead atoms. The van der Waals surface area contributed by atoms with Crippen LogP contribution in [-0.2, 0) is 14.8 Å². The van der Waals surface area contributed by atoms with E-state index in [1.807, 2.05) is 0 Å². The molecule has 0 aliphatic carbocycles. The molecule has 28 heavy (non-hydrogen) atoms. The Bertz CT molecular complexity index is 956. The van der Waals surface area contributed by atoms with Crippen LogP contribution >= 0.6 is 0 Å². The van der Waals surface area contributed by atoms with Gasteiger partial charge in [0, 0.05) is 18.5 Å². The Kier molecular flexibility index (Phi) is 7.13. The molecule has 0 aliphatic heterocycles. The highest BCUT2D eigenvalue weighted by Gasteiger charge is 2.20. The maximum Gasteiger partial charge on any atom is 0.303 e. The van der Waals surface area contributed by atoms with Crippen molar-refractivity contribution in [3.63, 3.8) is 0 Å². The van der Waals surface area contributed by atoms with Crippen molar-refractivity contribution in [2.45, 2.75) is 24.2 Å². The van der Waals surface area contributed by atoms with E-state index in [-0.39, 0.29) is 29.4 Å². The number of nitrogens with one attached hydrogen (secondary N) is 2. The molecule has 0 radical (unpaired) electrons. The first-order valence-electron chi connectivity index (χ1n) is 8.59. The monoisotopic (exact) mass is 405 g/mol. The third-order valence-corrected chi connectivity index (χ3v) is 5.57. The molecule has 0 saturated heterocycles. The van der Waals surface area contributed by atoms with Gasteiger partial charge in [-0.3, -0.25) is 10.2 Å². The molecule has 9 heteroatoms. The number of sulfonamides is 1. The number of aliphatic carboxylic acids is 1. The number of carbonyl (C=O) groups is 1. The maximum atomic E-state index is 12.7. The van der Waals surface area contributed by atoms with Gasteiger partial charge in [-0.1, -0.05) is 30.3 Å². The van der Waals surface area contributed by atoms with Crippen LogP contribution in [0.3, 0.4) is 0 Å². The number of ether oxygens (including phenoxy) is 1. The smallest absolute Gasteiger partial charge is 0.303 e. The molecule has 2 aromatic carbocycles. The summed E-state index contributed by atoms with van der Waals surface area (Å²) in [5.74, 6) is -0.744. The lowest BCUT2D eigenvalue weighted by Crippen LogP contribution is -2.25. The molecule has 0 fully saturated rings. The molecule has 0 saturated carbocycles. The van der Waals surface area contributed by atoms with E-state index in [1.165, 1.54) is 13.2 Å². The topological polar surface area (TPSA) is 143 Å². The normalized spacial score (nSPS) is 11.2. The van der Waals surface area contributed by atoms with Gasteiger partial charge in [-0.2, -0.15) is 0 Å². The summed E-state index contributed by atoms with van der Waals surface area (Å²) in [6.07, 6.45) is 0.800. The summed E-state index contributed by atoms with van der Waals surface area (Å²) in [6.45, 7) is 0.135. The minimum atomic E-state index is -3.83. The number of unbranched alkanes of at least 4 members (excludes halogenated alkanes) is 1. The quantitative estimate of drug-likeness (QED) is 0.271.